The van der Waals surface area contributed by atoms with Crippen molar-refractivity contribution < 1.29 is 19.2 Å². The Morgan fingerprint density at radius 2 is 1.75 bits per heavy atom. The first-order valence-electron chi connectivity index (χ1n) is 8.35. The molecule has 5 heteroatoms. The number of hydrogen-bond donors (Lipinski definition) is 1. The number of nitrogens with one attached hydrogen (secondary N) is 1. The maximum atomic E-state index is 12.3. The number of carbonyl (C=O) groups is 2. The lowest BCUT2D eigenvalue weighted by Gasteiger charge is -2.22. The highest BCUT2D eigenvalue weighted by molar-refractivity contribution is 5.83. The molecule has 24 heavy (non-hydrogen) atoms. The number of hydrogen-bond acceptors (Lipinski definition) is 4. The molecule has 0 aliphatic carbocycles. The van der Waals surface area contributed by atoms with Crippen LogP contribution in [0.15, 0.2) is 30.3 Å². The van der Waals surface area contributed by atoms with Crippen molar-refractivity contribution in [1.29, 1.82) is 0 Å². The zero-order valence-electron chi connectivity index (χ0n) is 15.3. The fourth-order valence-electron chi connectivity index (χ4n) is 2.28. The highest BCUT2D eigenvalue weighted by atomic mass is 16.6. The van der Waals surface area contributed by atoms with Gasteiger partial charge in [-0.25, -0.2) is 5.48 Å². The molecule has 0 fully saturated rings. The summed E-state index contributed by atoms with van der Waals surface area (Å²) in [7, 11) is 0. The normalized spacial score (nSPS) is 12.8. The molecule has 0 aromatic heterocycles. The summed E-state index contributed by atoms with van der Waals surface area (Å²) in [4.78, 5) is 29.6. The van der Waals surface area contributed by atoms with Crippen molar-refractivity contribution >= 4 is 11.9 Å². The summed E-state index contributed by atoms with van der Waals surface area (Å²) < 4.78 is 5.31. The Morgan fingerprint density at radius 1 is 1.12 bits per heavy atom. The van der Waals surface area contributed by atoms with Crippen molar-refractivity contribution in [2.45, 2.75) is 59.7 Å². The van der Waals surface area contributed by atoms with E-state index in [1.54, 1.807) is 0 Å². The Balaban J connectivity index is 2.53. The van der Waals surface area contributed by atoms with Gasteiger partial charge in [0.05, 0.1) is 18.9 Å². The smallest absolute Gasteiger partial charge is 0.307 e. The zero-order valence-corrected chi connectivity index (χ0v) is 15.3. The van der Waals surface area contributed by atoms with E-state index in [2.05, 4.69) is 5.48 Å². The van der Waals surface area contributed by atoms with Gasteiger partial charge in [-0.2, -0.15) is 0 Å². The van der Waals surface area contributed by atoms with Gasteiger partial charge in [-0.15, -0.1) is 0 Å². The van der Waals surface area contributed by atoms with Gasteiger partial charge in [-0.05, 0) is 38.7 Å². The van der Waals surface area contributed by atoms with Crippen molar-refractivity contribution in [3.05, 3.63) is 35.9 Å². The van der Waals surface area contributed by atoms with Crippen molar-refractivity contribution in [1.82, 2.24) is 5.48 Å². The van der Waals surface area contributed by atoms with Crippen LogP contribution in [0.4, 0.5) is 0 Å². The molecule has 0 aliphatic rings. The Labute approximate surface area is 144 Å². The lowest BCUT2D eigenvalue weighted by atomic mass is 9.93. The van der Waals surface area contributed by atoms with Crippen LogP contribution in [0.5, 0.6) is 0 Å². The summed E-state index contributed by atoms with van der Waals surface area (Å²) in [5.41, 5.74) is 2.87. The fraction of sp³-hybridized carbons (Fsp3) is 0.579. The van der Waals surface area contributed by atoms with Gasteiger partial charge in [0.1, 0.15) is 5.60 Å². The highest BCUT2D eigenvalue weighted by Gasteiger charge is 2.26. The third kappa shape index (κ3) is 8.67. The van der Waals surface area contributed by atoms with Gasteiger partial charge >= 0.3 is 5.97 Å². The summed E-state index contributed by atoms with van der Waals surface area (Å²) in [6.07, 6.45) is 0.649. The van der Waals surface area contributed by atoms with E-state index in [0.717, 1.165) is 5.56 Å². The van der Waals surface area contributed by atoms with E-state index in [0.29, 0.717) is 6.42 Å². The van der Waals surface area contributed by atoms with Crippen LogP contribution in [-0.2, 0) is 25.8 Å². The third-order valence-electron chi connectivity index (χ3n) is 3.21. The van der Waals surface area contributed by atoms with E-state index < -0.39 is 11.5 Å². The molecular weight excluding hydrogens is 306 g/mol. The SMILES string of the molecule is CC(C)C[C@H](CC(=O)OC(C)(C)C)C(=O)NOCc1ccccc1. The van der Waals surface area contributed by atoms with Gasteiger partial charge < -0.3 is 4.74 Å². The molecule has 0 heterocycles. The van der Waals surface area contributed by atoms with Gasteiger partial charge in [0.25, 0.3) is 0 Å². The second kappa shape index (κ2) is 9.42. The molecule has 0 spiro atoms. The molecule has 0 saturated heterocycles. The van der Waals surface area contributed by atoms with Crippen molar-refractivity contribution in [3.63, 3.8) is 0 Å². The summed E-state index contributed by atoms with van der Waals surface area (Å²) >= 11 is 0. The van der Waals surface area contributed by atoms with Crippen LogP contribution in [0.1, 0.15) is 53.0 Å². The van der Waals surface area contributed by atoms with Crippen LogP contribution >= 0.6 is 0 Å². The van der Waals surface area contributed by atoms with Crippen LogP contribution in [0.2, 0.25) is 0 Å². The largest absolute Gasteiger partial charge is 0.460 e. The highest BCUT2D eigenvalue weighted by Crippen LogP contribution is 2.19. The third-order valence-corrected chi connectivity index (χ3v) is 3.21. The monoisotopic (exact) mass is 335 g/mol. The number of ether oxygens (including phenoxy) is 1. The molecule has 0 saturated carbocycles. The summed E-state index contributed by atoms with van der Waals surface area (Å²) in [6.45, 7) is 9.75. The van der Waals surface area contributed by atoms with Gasteiger partial charge in [0, 0.05) is 0 Å². The maximum Gasteiger partial charge on any atom is 0.307 e. The molecule has 134 valence electrons. The lowest BCUT2D eigenvalue weighted by Crippen LogP contribution is -2.34. The first kappa shape index (κ1) is 20.2. The summed E-state index contributed by atoms with van der Waals surface area (Å²) in [5, 5.41) is 0. The second-order valence-corrected chi connectivity index (χ2v) is 7.36. The zero-order chi connectivity index (χ0) is 18.2. The lowest BCUT2D eigenvalue weighted by molar-refractivity contribution is -0.159. The van der Waals surface area contributed by atoms with Crippen molar-refractivity contribution in [3.8, 4) is 0 Å². The van der Waals surface area contributed by atoms with Gasteiger partial charge in [-0.1, -0.05) is 44.2 Å². The Kier molecular flexibility index (Phi) is 7.92. The molecular formula is C19H29NO4. The van der Waals surface area contributed by atoms with Crippen molar-refractivity contribution in [2.24, 2.45) is 11.8 Å². The molecule has 0 unspecified atom stereocenters. The van der Waals surface area contributed by atoms with Crippen molar-refractivity contribution in [2.75, 3.05) is 0 Å². The standard InChI is InChI=1S/C19H29NO4/c1-14(2)11-16(12-17(21)24-19(3,4)5)18(22)20-23-13-15-9-7-6-8-10-15/h6-10,14,16H,11-13H2,1-5H3,(H,20,22)/t16-/m1/s1. The molecule has 1 aromatic rings. The van der Waals surface area contributed by atoms with E-state index in [9.17, 15) is 9.59 Å². The van der Waals surface area contributed by atoms with E-state index in [-0.39, 0.29) is 30.8 Å². The molecule has 1 rings (SSSR count). The second-order valence-electron chi connectivity index (χ2n) is 7.36. The number of hydroxylamine groups is 1. The Morgan fingerprint density at radius 3 is 2.29 bits per heavy atom. The Bertz CT molecular complexity index is 520. The van der Waals surface area contributed by atoms with E-state index >= 15 is 0 Å². The number of amides is 1. The average Bonchev–Trinajstić information content (AvgIpc) is 2.45. The minimum Gasteiger partial charge on any atom is -0.460 e. The van der Waals surface area contributed by atoms with Crippen LogP contribution in [0.25, 0.3) is 0 Å². The number of benzene rings is 1. The van der Waals surface area contributed by atoms with Gasteiger partial charge in [0.15, 0.2) is 0 Å². The van der Waals surface area contributed by atoms with Crippen LogP contribution in [-0.4, -0.2) is 17.5 Å². The first-order chi connectivity index (χ1) is 11.2. The predicted molar refractivity (Wildman–Crippen MR) is 92.8 cm³/mol. The van der Waals surface area contributed by atoms with E-state index in [1.807, 2.05) is 65.0 Å². The van der Waals surface area contributed by atoms with Gasteiger partial charge in [-0.3, -0.25) is 14.4 Å². The molecule has 0 bridgehead atoms. The minimum absolute atomic E-state index is 0.0516. The Hall–Kier alpha value is -1.88. The van der Waals surface area contributed by atoms with Crippen LogP contribution in [0, 0.1) is 11.8 Å². The number of rotatable bonds is 8. The fourth-order valence-corrected chi connectivity index (χ4v) is 2.28. The maximum absolute atomic E-state index is 12.3. The predicted octanol–water partition coefficient (Wildman–Crippen LogP) is 3.63. The quantitative estimate of drug-likeness (QED) is 0.582. The van der Waals surface area contributed by atoms with Crippen LogP contribution in [0.3, 0.4) is 0 Å². The summed E-state index contributed by atoms with van der Waals surface area (Å²) in [6, 6.07) is 9.56. The number of esters is 1. The topological polar surface area (TPSA) is 64.6 Å². The molecule has 5 nitrogen and oxygen atoms in total. The average molecular weight is 335 g/mol. The number of carbonyl (C=O) groups excluding carboxylic acids is 2. The van der Waals surface area contributed by atoms with E-state index in [4.69, 9.17) is 9.57 Å². The molecule has 1 amide bonds. The van der Waals surface area contributed by atoms with E-state index in [1.165, 1.54) is 0 Å². The summed E-state index contributed by atoms with van der Waals surface area (Å²) in [5.74, 6) is -0.829. The van der Waals surface area contributed by atoms with Gasteiger partial charge in [0.2, 0.25) is 5.91 Å². The first-order valence-corrected chi connectivity index (χ1v) is 8.35. The molecule has 1 N–H and O–H groups in total. The molecule has 0 radical (unpaired) electrons. The molecule has 0 aliphatic heterocycles. The molecule has 1 atom stereocenters. The van der Waals surface area contributed by atoms with Crippen LogP contribution < -0.4 is 5.48 Å². The molecule has 1 aromatic carbocycles. The minimum atomic E-state index is -0.556.